The molecule has 0 unspecified atom stereocenters. The first kappa shape index (κ1) is 12.1. The lowest BCUT2D eigenvalue weighted by atomic mass is 10.2. The Labute approximate surface area is 118 Å². The first-order valence-corrected chi connectivity index (χ1v) is 6.18. The molecule has 0 atom stereocenters. The summed E-state index contributed by atoms with van der Waals surface area (Å²) in [6.07, 6.45) is 0. The molecule has 3 N–H and O–H groups in total. The first-order chi connectivity index (χ1) is 9.06. The van der Waals surface area contributed by atoms with Gasteiger partial charge in [0.25, 0.3) is 0 Å². The third-order valence-electron chi connectivity index (χ3n) is 2.77. The average Bonchev–Trinajstić information content (AvgIpc) is 2.76. The Kier molecular flexibility index (Phi) is 2.77. The summed E-state index contributed by atoms with van der Waals surface area (Å²) in [7, 11) is 0. The van der Waals surface area contributed by atoms with Gasteiger partial charge in [0.2, 0.25) is 0 Å². The minimum absolute atomic E-state index is 0.206. The molecule has 0 radical (unpaired) electrons. The van der Waals surface area contributed by atoms with E-state index in [9.17, 15) is 10.2 Å². The van der Waals surface area contributed by atoms with Crippen molar-refractivity contribution in [1.29, 1.82) is 0 Å². The quantitative estimate of drug-likeness (QED) is 0.595. The Balaban J connectivity index is 2.26. The summed E-state index contributed by atoms with van der Waals surface area (Å²) in [4.78, 5) is 7.32. The Morgan fingerprint density at radius 3 is 2.68 bits per heavy atom. The zero-order chi connectivity index (χ0) is 13.6. The van der Waals surface area contributed by atoms with E-state index in [1.54, 1.807) is 24.3 Å². The van der Waals surface area contributed by atoms with Crippen molar-refractivity contribution in [2.24, 2.45) is 0 Å². The molecule has 0 fully saturated rings. The molecular formula is C13H8Cl2N2O2. The zero-order valence-electron chi connectivity index (χ0n) is 9.48. The monoisotopic (exact) mass is 294 g/mol. The van der Waals surface area contributed by atoms with Crippen molar-refractivity contribution in [3.63, 3.8) is 0 Å². The second-order valence-corrected chi connectivity index (χ2v) is 4.89. The standard InChI is InChI=1S/C13H8Cl2N2O2/c14-6-4-8(15)11-9(5-6)16-13(17-11)7-2-1-3-10(18)12(7)19/h1-5,18-19H,(H,16,17). The minimum Gasteiger partial charge on any atom is -0.504 e. The Morgan fingerprint density at radius 1 is 1.11 bits per heavy atom. The van der Waals surface area contributed by atoms with Crippen molar-refractivity contribution in [1.82, 2.24) is 9.97 Å². The van der Waals surface area contributed by atoms with Crippen LogP contribution in [-0.2, 0) is 0 Å². The van der Waals surface area contributed by atoms with Crippen LogP contribution in [0, 0.1) is 0 Å². The molecule has 3 aromatic rings. The number of aromatic nitrogens is 2. The highest BCUT2D eigenvalue weighted by atomic mass is 35.5. The topological polar surface area (TPSA) is 69.1 Å². The van der Waals surface area contributed by atoms with Crippen LogP contribution < -0.4 is 0 Å². The molecule has 0 aliphatic heterocycles. The van der Waals surface area contributed by atoms with Crippen molar-refractivity contribution in [2.75, 3.05) is 0 Å². The number of hydrogen-bond donors (Lipinski definition) is 3. The van der Waals surface area contributed by atoms with Gasteiger partial charge < -0.3 is 15.2 Å². The predicted octanol–water partition coefficient (Wildman–Crippen LogP) is 3.95. The number of H-pyrrole nitrogens is 1. The highest BCUT2D eigenvalue weighted by Gasteiger charge is 2.14. The zero-order valence-corrected chi connectivity index (χ0v) is 11.0. The number of rotatable bonds is 1. The SMILES string of the molecule is Oc1cccc(-c2nc3c(Cl)cc(Cl)cc3[nH]2)c1O. The van der Waals surface area contributed by atoms with Gasteiger partial charge >= 0.3 is 0 Å². The van der Waals surface area contributed by atoms with Gasteiger partial charge in [-0.15, -0.1) is 0 Å². The van der Waals surface area contributed by atoms with E-state index in [1.807, 2.05) is 0 Å². The molecule has 0 spiro atoms. The summed E-state index contributed by atoms with van der Waals surface area (Å²) in [5, 5.41) is 20.2. The van der Waals surface area contributed by atoms with Gasteiger partial charge in [-0.05, 0) is 24.3 Å². The second kappa shape index (κ2) is 4.33. The lowest BCUT2D eigenvalue weighted by molar-refractivity contribution is 0.405. The molecule has 0 aliphatic rings. The van der Waals surface area contributed by atoms with Crippen LogP contribution in [0.4, 0.5) is 0 Å². The molecule has 4 nitrogen and oxygen atoms in total. The van der Waals surface area contributed by atoms with Crippen LogP contribution in [0.3, 0.4) is 0 Å². The van der Waals surface area contributed by atoms with E-state index in [0.29, 0.717) is 32.5 Å². The number of aromatic hydroxyl groups is 2. The third-order valence-corrected chi connectivity index (χ3v) is 3.28. The molecule has 6 heteroatoms. The van der Waals surface area contributed by atoms with Gasteiger partial charge in [-0.3, -0.25) is 0 Å². The van der Waals surface area contributed by atoms with Gasteiger partial charge in [-0.2, -0.15) is 0 Å². The number of nitrogens with one attached hydrogen (secondary N) is 1. The van der Waals surface area contributed by atoms with Crippen LogP contribution in [0.5, 0.6) is 11.5 Å². The largest absolute Gasteiger partial charge is 0.504 e. The van der Waals surface area contributed by atoms with E-state index in [-0.39, 0.29) is 11.5 Å². The van der Waals surface area contributed by atoms with E-state index < -0.39 is 0 Å². The van der Waals surface area contributed by atoms with Crippen molar-refractivity contribution in [2.45, 2.75) is 0 Å². The van der Waals surface area contributed by atoms with E-state index in [2.05, 4.69) is 9.97 Å². The van der Waals surface area contributed by atoms with Crippen LogP contribution in [0.15, 0.2) is 30.3 Å². The fourth-order valence-corrected chi connectivity index (χ4v) is 2.43. The molecule has 0 bridgehead atoms. The summed E-state index contributed by atoms with van der Waals surface area (Å²) in [6.45, 7) is 0. The van der Waals surface area contributed by atoms with Gasteiger partial charge in [0, 0.05) is 5.02 Å². The van der Waals surface area contributed by atoms with Crippen LogP contribution in [0.2, 0.25) is 10.0 Å². The molecule has 1 aromatic heterocycles. The van der Waals surface area contributed by atoms with E-state index in [0.717, 1.165) is 0 Å². The normalized spacial score (nSPS) is 11.1. The molecule has 96 valence electrons. The number of aromatic amines is 1. The van der Waals surface area contributed by atoms with Crippen molar-refractivity contribution >= 4 is 34.2 Å². The van der Waals surface area contributed by atoms with Gasteiger partial charge in [0.15, 0.2) is 11.5 Å². The number of fused-ring (bicyclic) bond motifs is 1. The second-order valence-electron chi connectivity index (χ2n) is 4.04. The molecule has 2 aromatic carbocycles. The van der Waals surface area contributed by atoms with E-state index in [4.69, 9.17) is 23.2 Å². The third kappa shape index (κ3) is 1.99. The van der Waals surface area contributed by atoms with Gasteiger partial charge in [0.1, 0.15) is 11.3 Å². The minimum atomic E-state index is -0.233. The number of imidazole rings is 1. The van der Waals surface area contributed by atoms with E-state index in [1.165, 1.54) is 6.07 Å². The fraction of sp³-hybridized carbons (Fsp3) is 0. The van der Waals surface area contributed by atoms with Gasteiger partial charge in [-0.25, -0.2) is 4.98 Å². The molecule has 3 rings (SSSR count). The highest BCUT2D eigenvalue weighted by Crippen LogP contribution is 2.36. The smallest absolute Gasteiger partial charge is 0.168 e. The number of phenolic OH excluding ortho intramolecular Hbond substituents is 2. The number of para-hydroxylation sites is 1. The summed E-state index contributed by atoms with van der Waals surface area (Å²) in [6, 6.07) is 7.94. The fourth-order valence-electron chi connectivity index (χ4n) is 1.89. The maximum atomic E-state index is 9.83. The average molecular weight is 295 g/mol. The summed E-state index contributed by atoms with van der Waals surface area (Å²) in [5.41, 5.74) is 1.61. The lowest BCUT2D eigenvalue weighted by Crippen LogP contribution is -1.81. The van der Waals surface area contributed by atoms with Crippen LogP contribution in [0.25, 0.3) is 22.4 Å². The molecule has 1 heterocycles. The number of phenols is 2. The van der Waals surface area contributed by atoms with Crippen LogP contribution in [-0.4, -0.2) is 20.2 Å². The molecule has 0 aliphatic carbocycles. The Hall–Kier alpha value is -1.91. The summed E-state index contributed by atoms with van der Waals surface area (Å²) >= 11 is 12.0. The maximum Gasteiger partial charge on any atom is 0.168 e. The van der Waals surface area contributed by atoms with Gasteiger partial charge in [0.05, 0.1) is 16.1 Å². The van der Waals surface area contributed by atoms with E-state index >= 15 is 0 Å². The van der Waals surface area contributed by atoms with Crippen molar-refractivity contribution in [3.8, 4) is 22.9 Å². The van der Waals surface area contributed by atoms with Gasteiger partial charge in [-0.1, -0.05) is 29.3 Å². The first-order valence-electron chi connectivity index (χ1n) is 5.42. The number of nitrogens with zero attached hydrogens (tertiary/aromatic N) is 1. The van der Waals surface area contributed by atoms with Crippen LogP contribution in [0.1, 0.15) is 0 Å². The maximum absolute atomic E-state index is 9.83. The molecule has 0 amide bonds. The van der Waals surface area contributed by atoms with Crippen LogP contribution >= 0.6 is 23.2 Å². The number of benzene rings is 2. The van der Waals surface area contributed by atoms with Crippen molar-refractivity contribution < 1.29 is 10.2 Å². The molecule has 19 heavy (non-hydrogen) atoms. The summed E-state index contributed by atoms with van der Waals surface area (Å²) in [5.74, 6) is -0.0292. The number of halogens is 2. The predicted molar refractivity (Wildman–Crippen MR) is 74.9 cm³/mol. The molecule has 0 saturated heterocycles. The highest BCUT2D eigenvalue weighted by molar-refractivity contribution is 6.38. The molecular weight excluding hydrogens is 287 g/mol. The molecule has 0 saturated carbocycles. The Bertz CT molecular complexity index is 784. The van der Waals surface area contributed by atoms with Crippen molar-refractivity contribution in [3.05, 3.63) is 40.4 Å². The Morgan fingerprint density at radius 2 is 1.89 bits per heavy atom. The lowest BCUT2D eigenvalue weighted by Gasteiger charge is -2.02. The summed E-state index contributed by atoms with van der Waals surface area (Å²) < 4.78 is 0. The number of hydrogen-bond acceptors (Lipinski definition) is 3.